The standard InChI is InChI=1S/C8H9NO2/c1-3-4-5-7-6-8(10-2)9-11-7/h1,6H,4-5H2,2H3. The molecule has 0 atom stereocenters. The molecule has 0 saturated heterocycles. The third-order valence-corrected chi connectivity index (χ3v) is 1.26. The summed E-state index contributed by atoms with van der Waals surface area (Å²) >= 11 is 0. The van der Waals surface area contributed by atoms with Crippen molar-refractivity contribution in [3.63, 3.8) is 0 Å². The van der Waals surface area contributed by atoms with Gasteiger partial charge >= 0.3 is 0 Å². The first-order valence-electron chi connectivity index (χ1n) is 3.30. The number of terminal acetylenes is 1. The molecule has 1 aromatic rings. The fourth-order valence-corrected chi connectivity index (χ4v) is 0.703. The van der Waals surface area contributed by atoms with Gasteiger partial charge < -0.3 is 9.26 Å². The topological polar surface area (TPSA) is 35.3 Å². The van der Waals surface area contributed by atoms with E-state index in [1.54, 1.807) is 13.2 Å². The molecule has 3 heteroatoms. The van der Waals surface area contributed by atoms with Crippen molar-refractivity contribution in [2.75, 3.05) is 7.11 Å². The van der Waals surface area contributed by atoms with E-state index in [4.69, 9.17) is 15.7 Å². The van der Waals surface area contributed by atoms with Crippen molar-refractivity contribution in [2.45, 2.75) is 12.8 Å². The molecule has 0 saturated carbocycles. The molecule has 0 aliphatic carbocycles. The van der Waals surface area contributed by atoms with E-state index in [1.165, 1.54) is 0 Å². The lowest BCUT2D eigenvalue weighted by atomic mass is 10.2. The molecule has 0 bridgehead atoms. The second-order valence-electron chi connectivity index (χ2n) is 2.04. The second kappa shape index (κ2) is 3.67. The Morgan fingerprint density at radius 3 is 3.18 bits per heavy atom. The Hall–Kier alpha value is -1.43. The van der Waals surface area contributed by atoms with Crippen LogP contribution in [0.3, 0.4) is 0 Å². The van der Waals surface area contributed by atoms with Gasteiger partial charge in [-0.3, -0.25) is 0 Å². The van der Waals surface area contributed by atoms with E-state index in [-0.39, 0.29) is 0 Å². The first-order chi connectivity index (χ1) is 5.36. The van der Waals surface area contributed by atoms with Crippen molar-refractivity contribution in [1.82, 2.24) is 5.16 Å². The van der Waals surface area contributed by atoms with Crippen molar-refractivity contribution >= 4 is 0 Å². The summed E-state index contributed by atoms with van der Waals surface area (Å²) in [6.45, 7) is 0. The van der Waals surface area contributed by atoms with Gasteiger partial charge in [-0.1, -0.05) is 0 Å². The largest absolute Gasteiger partial charge is 0.479 e. The number of methoxy groups -OCH3 is 1. The molecule has 0 unspecified atom stereocenters. The van der Waals surface area contributed by atoms with Crippen LogP contribution in [-0.2, 0) is 6.42 Å². The third-order valence-electron chi connectivity index (χ3n) is 1.26. The zero-order valence-corrected chi connectivity index (χ0v) is 6.33. The maximum atomic E-state index is 5.07. The lowest BCUT2D eigenvalue weighted by Crippen LogP contribution is -1.79. The monoisotopic (exact) mass is 151 g/mol. The molecule has 0 amide bonds. The number of hydrogen-bond donors (Lipinski definition) is 0. The Bertz CT molecular complexity index is 259. The van der Waals surface area contributed by atoms with Crippen molar-refractivity contribution in [2.24, 2.45) is 0 Å². The smallest absolute Gasteiger partial charge is 0.254 e. The van der Waals surface area contributed by atoms with Crippen LogP contribution in [-0.4, -0.2) is 12.3 Å². The molecule has 1 aromatic heterocycles. The minimum absolute atomic E-state index is 0.497. The Labute approximate surface area is 65.3 Å². The summed E-state index contributed by atoms with van der Waals surface area (Å²) in [5.74, 6) is 3.78. The second-order valence-corrected chi connectivity index (χ2v) is 2.04. The van der Waals surface area contributed by atoms with Crippen molar-refractivity contribution in [3.05, 3.63) is 11.8 Å². The molecule has 11 heavy (non-hydrogen) atoms. The van der Waals surface area contributed by atoms with Crippen LogP contribution < -0.4 is 4.74 Å². The molecular formula is C8H9NO2. The van der Waals surface area contributed by atoms with Gasteiger partial charge in [0.05, 0.1) is 7.11 Å². The van der Waals surface area contributed by atoms with Crippen LogP contribution in [0.4, 0.5) is 0 Å². The molecule has 0 fully saturated rings. The summed E-state index contributed by atoms with van der Waals surface area (Å²) < 4.78 is 9.71. The SMILES string of the molecule is C#CCCc1cc(OC)no1. The normalized spacial score (nSPS) is 9.09. The van der Waals surface area contributed by atoms with Crippen LogP contribution in [0, 0.1) is 12.3 Å². The maximum absolute atomic E-state index is 5.07. The fraction of sp³-hybridized carbons (Fsp3) is 0.375. The van der Waals surface area contributed by atoms with E-state index < -0.39 is 0 Å². The average molecular weight is 151 g/mol. The molecule has 0 aliphatic rings. The van der Waals surface area contributed by atoms with E-state index in [9.17, 15) is 0 Å². The highest BCUT2D eigenvalue weighted by molar-refractivity contribution is 5.11. The predicted octanol–water partition coefficient (Wildman–Crippen LogP) is 1.25. The minimum atomic E-state index is 0.497. The summed E-state index contributed by atoms with van der Waals surface area (Å²) in [6, 6.07) is 1.73. The number of hydrogen-bond acceptors (Lipinski definition) is 3. The Balaban J connectivity index is 2.53. The first kappa shape index (κ1) is 7.67. The van der Waals surface area contributed by atoms with Gasteiger partial charge in [0.1, 0.15) is 5.76 Å². The number of ether oxygens (including phenoxy) is 1. The predicted molar refractivity (Wildman–Crippen MR) is 40.2 cm³/mol. The van der Waals surface area contributed by atoms with Crippen LogP contribution in [0.25, 0.3) is 0 Å². The lowest BCUT2D eigenvalue weighted by molar-refractivity contribution is 0.327. The molecule has 1 rings (SSSR count). The lowest BCUT2D eigenvalue weighted by Gasteiger charge is -1.85. The number of aromatic nitrogens is 1. The summed E-state index contributed by atoms with van der Waals surface area (Å²) in [4.78, 5) is 0. The summed E-state index contributed by atoms with van der Waals surface area (Å²) in [7, 11) is 1.54. The molecule has 58 valence electrons. The van der Waals surface area contributed by atoms with Gasteiger partial charge in [-0.05, 0) is 5.16 Å². The average Bonchev–Trinajstić information content (AvgIpc) is 2.48. The van der Waals surface area contributed by atoms with Gasteiger partial charge in [0.25, 0.3) is 5.88 Å². The molecular weight excluding hydrogens is 142 g/mol. The van der Waals surface area contributed by atoms with Gasteiger partial charge in [-0.2, -0.15) is 0 Å². The van der Waals surface area contributed by atoms with Gasteiger partial charge in [0.15, 0.2) is 0 Å². The van der Waals surface area contributed by atoms with Crippen LogP contribution in [0.2, 0.25) is 0 Å². The molecule has 0 radical (unpaired) electrons. The van der Waals surface area contributed by atoms with Gasteiger partial charge in [-0.15, -0.1) is 12.3 Å². The van der Waals surface area contributed by atoms with Crippen LogP contribution in [0.15, 0.2) is 10.6 Å². The fourth-order valence-electron chi connectivity index (χ4n) is 0.703. The van der Waals surface area contributed by atoms with Crippen LogP contribution in [0.1, 0.15) is 12.2 Å². The van der Waals surface area contributed by atoms with Crippen molar-refractivity contribution in [3.8, 4) is 18.2 Å². The number of aryl methyl sites for hydroxylation is 1. The van der Waals surface area contributed by atoms with Gasteiger partial charge in [0.2, 0.25) is 0 Å². The highest BCUT2D eigenvalue weighted by Crippen LogP contribution is 2.11. The Morgan fingerprint density at radius 2 is 2.64 bits per heavy atom. The van der Waals surface area contributed by atoms with Crippen LogP contribution >= 0.6 is 0 Å². The van der Waals surface area contributed by atoms with E-state index in [2.05, 4.69) is 11.1 Å². The Morgan fingerprint density at radius 1 is 1.82 bits per heavy atom. The van der Waals surface area contributed by atoms with E-state index in [0.29, 0.717) is 18.7 Å². The number of rotatable bonds is 3. The van der Waals surface area contributed by atoms with E-state index >= 15 is 0 Å². The Kier molecular flexibility index (Phi) is 2.56. The first-order valence-corrected chi connectivity index (χ1v) is 3.30. The molecule has 0 aromatic carbocycles. The van der Waals surface area contributed by atoms with Crippen LogP contribution in [0.5, 0.6) is 5.88 Å². The van der Waals surface area contributed by atoms with Crippen molar-refractivity contribution in [1.29, 1.82) is 0 Å². The summed E-state index contributed by atoms with van der Waals surface area (Å²) in [6.07, 6.45) is 6.45. The molecule has 3 nitrogen and oxygen atoms in total. The number of nitrogens with zero attached hydrogens (tertiary/aromatic N) is 1. The zero-order chi connectivity index (χ0) is 8.10. The maximum Gasteiger partial charge on any atom is 0.254 e. The molecule has 0 N–H and O–H groups in total. The minimum Gasteiger partial charge on any atom is -0.479 e. The van der Waals surface area contributed by atoms with E-state index in [1.807, 2.05) is 0 Å². The highest BCUT2D eigenvalue weighted by atomic mass is 16.5. The summed E-state index contributed by atoms with van der Waals surface area (Å²) in [5, 5.41) is 3.62. The van der Waals surface area contributed by atoms with Gasteiger partial charge in [0, 0.05) is 18.9 Å². The molecule has 1 heterocycles. The summed E-state index contributed by atoms with van der Waals surface area (Å²) in [5.41, 5.74) is 0. The highest BCUT2D eigenvalue weighted by Gasteiger charge is 2.01. The van der Waals surface area contributed by atoms with E-state index in [0.717, 1.165) is 5.76 Å². The molecule has 0 spiro atoms. The zero-order valence-electron chi connectivity index (χ0n) is 6.33. The third kappa shape index (κ3) is 2.01. The quantitative estimate of drug-likeness (QED) is 0.610. The molecule has 0 aliphatic heterocycles. The van der Waals surface area contributed by atoms with Crippen molar-refractivity contribution < 1.29 is 9.26 Å². The van der Waals surface area contributed by atoms with Gasteiger partial charge in [-0.25, -0.2) is 0 Å².